The van der Waals surface area contributed by atoms with Crippen molar-refractivity contribution in [1.29, 1.82) is 0 Å². The molecule has 0 aliphatic carbocycles. The Labute approximate surface area is 98.7 Å². The molecule has 1 aromatic heterocycles. The number of rotatable bonds is 4. The number of ketones is 1. The van der Waals surface area contributed by atoms with Crippen LogP contribution in [0.4, 0.5) is 5.69 Å². The van der Waals surface area contributed by atoms with Crippen LogP contribution in [0.1, 0.15) is 22.3 Å². The summed E-state index contributed by atoms with van der Waals surface area (Å²) in [5.74, 6) is 0.115. The lowest BCUT2D eigenvalue weighted by atomic mass is 10.0. The van der Waals surface area contributed by atoms with E-state index in [1.165, 1.54) is 5.56 Å². The molecule has 1 aromatic carbocycles. The number of carbonyl (C=O) groups is 1. The highest BCUT2D eigenvalue weighted by Gasteiger charge is 2.08. The van der Waals surface area contributed by atoms with E-state index in [0.717, 1.165) is 6.42 Å². The Morgan fingerprint density at radius 3 is 2.75 bits per heavy atom. The number of hydrogen-bond acceptors (Lipinski definition) is 3. The molecule has 0 bridgehead atoms. The minimum atomic E-state index is 0.115. The SMILES string of the molecule is Nc1ccccc1C(=O)CCc1ccsc1. The summed E-state index contributed by atoms with van der Waals surface area (Å²) in [4.78, 5) is 11.9. The molecule has 2 N–H and O–H groups in total. The first-order chi connectivity index (χ1) is 7.77. The minimum absolute atomic E-state index is 0.115. The van der Waals surface area contributed by atoms with Gasteiger partial charge in [-0.3, -0.25) is 4.79 Å². The van der Waals surface area contributed by atoms with Crippen LogP contribution < -0.4 is 5.73 Å². The average molecular weight is 231 g/mol. The Bertz CT molecular complexity index is 476. The van der Waals surface area contributed by atoms with Crippen molar-refractivity contribution < 1.29 is 4.79 Å². The van der Waals surface area contributed by atoms with Crippen molar-refractivity contribution >= 4 is 22.8 Å². The fraction of sp³-hybridized carbons (Fsp3) is 0.154. The lowest BCUT2D eigenvalue weighted by Crippen LogP contribution is -2.04. The zero-order valence-electron chi connectivity index (χ0n) is 8.85. The fourth-order valence-corrected chi connectivity index (χ4v) is 2.28. The molecule has 0 spiro atoms. The minimum Gasteiger partial charge on any atom is -0.398 e. The normalized spacial score (nSPS) is 10.2. The molecule has 2 rings (SSSR count). The van der Waals surface area contributed by atoms with Crippen LogP contribution >= 0.6 is 11.3 Å². The summed E-state index contributed by atoms with van der Waals surface area (Å²) in [5, 5.41) is 4.10. The van der Waals surface area contributed by atoms with Gasteiger partial charge in [-0.15, -0.1) is 0 Å². The summed E-state index contributed by atoms with van der Waals surface area (Å²) >= 11 is 1.65. The van der Waals surface area contributed by atoms with Gasteiger partial charge in [-0.05, 0) is 40.9 Å². The summed E-state index contributed by atoms with van der Waals surface area (Å²) in [6.07, 6.45) is 1.31. The monoisotopic (exact) mass is 231 g/mol. The summed E-state index contributed by atoms with van der Waals surface area (Å²) < 4.78 is 0. The number of nitrogen functional groups attached to an aromatic ring is 1. The van der Waals surface area contributed by atoms with Gasteiger partial charge in [-0.25, -0.2) is 0 Å². The predicted octanol–water partition coefficient (Wildman–Crippen LogP) is 3.15. The molecule has 0 unspecified atom stereocenters. The van der Waals surface area contributed by atoms with Gasteiger partial charge in [0.05, 0.1) is 0 Å². The van der Waals surface area contributed by atoms with Crippen molar-refractivity contribution in [3.05, 3.63) is 52.2 Å². The zero-order valence-corrected chi connectivity index (χ0v) is 9.67. The lowest BCUT2D eigenvalue weighted by molar-refractivity contribution is 0.0983. The van der Waals surface area contributed by atoms with E-state index in [-0.39, 0.29) is 5.78 Å². The molecule has 0 radical (unpaired) electrons. The Kier molecular flexibility index (Phi) is 3.37. The molecule has 3 heteroatoms. The number of carbonyl (C=O) groups excluding carboxylic acids is 1. The van der Waals surface area contributed by atoms with Gasteiger partial charge in [-0.2, -0.15) is 11.3 Å². The second-order valence-corrected chi connectivity index (χ2v) is 4.42. The molecule has 16 heavy (non-hydrogen) atoms. The first-order valence-corrected chi connectivity index (χ1v) is 6.10. The highest BCUT2D eigenvalue weighted by molar-refractivity contribution is 7.07. The molecule has 0 saturated carbocycles. The first kappa shape index (κ1) is 10.9. The zero-order chi connectivity index (χ0) is 11.4. The Morgan fingerprint density at radius 2 is 2.06 bits per heavy atom. The molecule has 0 atom stereocenters. The van der Waals surface area contributed by atoms with E-state index in [1.54, 1.807) is 23.5 Å². The van der Waals surface area contributed by atoms with Gasteiger partial charge in [0, 0.05) is 17.7 Å². The lowest BCUT2D eigenvalue weighted by Gasteiger charge is -2.03. The number of anilines is 1. The summed E-state index contributed by atoms with van der Waals surface area (Å²) in [5.41, 5.74) is 8.17. The van der Waals surface area contributed by atoms with Gasteiger partial charge in [0.2, 0.25) is 0 Å². The maximum atomic E-state index is 11.9. The summed E-state index contributed by atoms with van der Waals surface area (Å²) in [6.45, 7) is 0. The van der Waals surface area contributed by atoms with Crippen molar-refractivity contribution in [2.75, 3.05) is 5.73 Å². The second-order valence-electron chi connectivity index (χ2n) is 3.64. The van der Waals surface area contributed by atoms with E-state index in [0.29, 0.717) is 17.7 Å². The Balaban J connectivity index is 2.01. The number of benzene rings is 1. The predicted molar refractivity (Wildman–Crippen MR) is 67.8 cm³/mol. The van der Waals surface area contributed by atoms with Gasteiger partial charge in [-0.1, -0.05) is 12.1 Å². The van der Waals surface area contributed by atoms with Crippen LogP contribution in [0.3, 0.4) is 0 Å². The molecule has 0 saturated heterocycles. The standard InChI is InChI=1S/C13H13NOS/c14-12-4-2-1-3-11(12)13(15)6-5-10-7-8-16-9-10/h1-4,7-9H,5-6,14H2. The molecule has 1 heterocycles. The van der Waals surface area contributed by atoms with Gasteiger partial charge in [0.25, 0.3) is 0 Å². The Hall–Kier alpha value is -1.61. The number of aryl methyl sites for hydroxylation is 1. The largest absolute Gasteiger partial charge is 0.398 e. The topological polar surface area (TPSA) is 43.1 Å². The summed E-state index contributed by atoms with van der Waals surface area (Å²) in [6, 6.07) is 9.27. The van der Waals surface area contributed by atoms with E-state index < -0.39 is 0 Å². The first-order valence-electron chi connectivity index (χ1n) is 5.16. The van der Waals surface area contributed by atoms with Crippen LogP contribution in [0.2, 0.25) is 0 Å². The number of nitrogens with two attached hydrogens (primary N) is 1. The van der Waals surface area contributed by atoms with E-state index in [9.17, 15) is 4.79 Å². The molecule has 0 fully saturated rings. The van der Waals surface area contributed by atoms with Crippen LogP contribution in [-0.2, 0) is 6.42 Å². The van der Waals surface area contributed by atoms with Gasteiger partial charge >= 0.3 is 0 Å². The van der Waals surface area contributed by atoms with Crippen molar-refractivity contribution in [3.63, 3.8) is 0 Å². The quantitative estimate of drug-likeness (QED) is 0.649. The molecule has 0 aliphatic rings. The second kappa shape index (κ2) is 4.94. The van der Waals surface area contributed by atoms with Crippen LogP contribution in [0, 0.1) is 0 Å². The molecule has 2 nitrogen and oxygen atoms in total. The molecule has 2 aromatic rings. The van der Waals surface area contributed by atoms with Gasteiger partial charge in [0.15, 0.2) is 5.78 Å². The molecular formula is C13H13NOS. The van der Waals surface area contributed by atoms with Crippen molar-refractivity contribution in [2.24, 2.45) is 0 Å². The number of thiophene rings is 1. The van der Waals surface area contributed by atoms with E-state index in [4.69, 9.17) is 5.73 Å². The van der Waals surface area contributed by atoms with Crippen LogP contribution in [0.15, 0.2) is 41.1 Å². The molecular weight excluding hydrogens is 218 g/mol. The highest BCUT2D eigenvalue weighted by Crippen LogP contribution is 2.15. The van der Waals surface area contributed by atoms with Crippen molar-refractivity contribution in [1.82, 2.24) is 0 Å². The number of hydrogen-bond donors (Lipinski definition) is 1. The van der Waals surface area contributed by atoms with E-state index >= 15 is 0 Å². The highest BCUT2D eigenvalue weighted by atomic mass is 32.1. The van der Waals surface area contributed by atoms with Crippen LogP contribution in [0.5, 0.6) is 0 Å². The number of para-hydroxylation sites is 1. The van der Waals surface area contributed by atoms with Crippen LogP contribution in [-0.4, -0.2) is 5.78 Å². The smallest absolute Gasteiger partial charge is 0.165 e. The molecule has 82 valence electrons. The third-order valence-electron chi connectivity index (χ3n) is 2.48. The maximum absolute atomic E-state index is 11.9. The van der Waals surface area contributed by atoms with E-state index in [2.05, 4.69) is 5.38 Å². The number of Topliss-reactive ketones (excluding diaryl/α,β-unsaturated/α-hetero) is 1. The van der Waals surface area contributed by atoms with E-state index in [1.807, 2.05) is 23.6 Å². The maximum Gasteiger partial charge on any atom is 0.165 e. The average Bonchev–Trinajstić information content (AvgIpc) is 2.79. The summed E-state index contributed by atoms with van der Waals surface area (Å²) in [7, 11) is 0. The fourth-order valence-electron chi connectivity index (χ4n) is 1.58. The van der Waals surface area contributed by atoms with Crippen molar-refractivity contribution in [2.45, 2.75) is 12.8 Å². The van der Waals surface area contributed by atoms with Crippen molar-refractivity contribution in [3.8, 4) is 0 Å². The third kappa shape index (κ3) is 2.49. The Morgan fingerprint density at radius 1 is 1.25 bits per heavy atom. The molecule has 0 amide bonds. The third-order valence-corrected chi connectivity index (χ3v) is 3.21. The van der Waals surface area contributed by atoms with Gasteiger partial charge in [0.1, 0.15) is 0 Å². The molecule has 0 aliphatic heterocycles. The van der Waals surface area contributed by atoms with Crippen LogP contribution in [0.25, 0.3) is 0 Å². The van der Waals surface area contributed by atoms with Gasteiger partial charge < -0.3 is 5.73 Å².